The van der Waals surface area contributed by atoms with Gasteiger partial charge in [-0.3, -0.25) is 4.79 Å². The molecule has 2 aromatic carbocycles. The van der Waals surface area contributed by atoms with Crippen LogP contribution in [0.5, 0.6) is 11.5 Å². The second-order valence-corrected chi connectivity index (χ2v) is 8.36. The molecule has 0 saturated carbocycles. The van der Waals surface area contributed by atoms with Crippen LogP contribution in [0, 0.1) is 0 Å². The van der Waals surface area contributed by atoms with Gasteiger partial charge in [-0.2, -0.15) is 0 Å². The van der Waals surface area contributed by atoms with Gasteiger partial charge in [0, 0.05) is 31.2 Å². The Morgan fingerprint density at radius 1 is 1.11 bits per heavy atom. The minimum Gasteiger partial charge on any atom is -0.454 e. The van der Waals surface area contributed by atoms with Crippen LogP contribution in [0.1, 0.15) is 9.67 Å². The second kappa shape index (κ2) is 7.54. The standard InChI is InChI=1S/C20H16BrClN2O2S/c1-23-9-10-24(16-5-3-2-4-15(16)23)20(25)19-17(8-11-27-19)26-18-12-13(22)6-7-14(18)21/h2-8,11-12H,9-10H2,1H3. The van der Waals surface area contributed by atoms with Gasteiger partial charge in [0.05, 0.1) is 15.8 Å². The average molecular weight is 464 g/mol. The lowest BCUT2D eigenvalue weighted by Gasteiger charge is -2.35. The van der Waals surface area contributed by atoms with Crippen LogP contribution < -0.4 is 14.5 Å². The van der Waals surface area contributed by atoms with Crippen molar-refractivity contribution in [3.05, 3.63) is 68.3 Å². The van der Waals surface area contributed by atoms with Gasteiger partial charge in [0.25, 0.3) is 5.91 Å². The number of para-hydroxylation sites is 2. The normalized spacial score (nSPS) is 13.4. The van der Waals surface area contributed by atoms with E-state index in [1.807, 2.05) is 53.7 Å². The molecule has 1 aromatic heterocycles. The Hall–Kier alpha value is -2.02. The maximum absolute atomic E-state index is 13.3. The molecular weight excluding hydrogens is 448 g/mol. The van der Waals surface area contributed by atoms with Gasteiger partial charge in [0.2, 0.25) is 0 Å². The molecule has 0 unspecified atom stereocenters. The minimum absolute atomic E-state index is 0.0568. The van der Waals surface area contributed by atoms with Crippen LogP contribution in [0.3, 0.4) is 0 Å². The highest BCUT2D eigenvalue weighted by molar-refractivity contribution is 9.10. The molecule has 0 radical (unpaired) electrons. The van der Waals surface area contributed by atoms with Crippen molar-refractivity contribution in [3.63, 3.8) is 0 Å². The Labute approximate surface area is 175 Å². The molecule has 0 spiro atoms. The number of halogens is 2. The molecule has 1 aliphatic heterocycles. The molecular formula is C20H16BrClN2O2S. The highest BCUT2D eigenvalue weighted by Crippen LogP contribution is 2.38. The maximum atomic E-state index is 13.3. The Kier molecular flexibility index (Phi) is 5.12. The van der Waals surface area contributed by atoms with E-state index in [0.29, 0.717) is 27.9 Å². The summed E-state index contributed by atoms with van der Waals surface area (Å²) in [7, 11) is 2.04. The summed E-state index contributed by atoms with van der Waals surface area (Å²) >= 11 is 10.9. The number of likely N-dealkylation sites (N-methyl/N-ethyl adjacent to an activating group) is 1. The highest BCUT2D eigenvalue weighted by Gasteiger charge is 2.28. The summed E-state index contributed by atoms with van der Waals surface area (Å²) in [6, 6.07) is 15.1. The quantitative estimate of drug-likeness (QED) is 0.474. The summed E-state index contributed by atoms with van der Waals surface area (Å²) in [6.45, 7) is 1.41. The molecule has 1 aliphatic rings. The zero-order chi connectivity index (χ0) is 19.0. The van der Waals surface area contributed by atoms with Crippen molar-refractivity contribution in [2.45, 2.75) is 0 Å². The van der Waals surface area contributed by atoms with Crippen molar-refractivity contribution in [1.82, 2.24) is 0 Å². The smallest absolute Gasteiger partial charge is 0.272 e. The summed E-state index contributed by atoms with van der Waals surface area (Å²) in [5.74, 6) is 1.05. The van der Waals surface area contributed by atoms with Gasteiger partial charge < -0.3 is 14.5 Å². The first kappa shape index (κ1) is 18.3. The predicted molar refractivity (Wildman–Crippen MR) is 115 cm³/mol. The van der Waals surface area contributed by atoms with Gasteiger partial charge in [-0.25, -0.2) is 0 Å². The molecule has 7 heteroatoms. The van der Waals surface area contributed by atoms with Crippen molar-refractivity contribution in [3.8, 4) is 11.5 Å². The van der Waals surface area contributed by atoms with Crippen LogP contribution in [0.4, 0.5) is 11.4 Å². The van der Waals surface area contributed by atoms with Crippen LogP contribution in [0.25, 0.3) is 0 Å². The molecule has 138 valence electrons. The third kappa shape index (κ3) is 3.57. The number of ether oxygens (including phenoxy) is 1. The van der Waals surface area contributed by atoms with Gasteiger partial charge in [0.15, 0.2) is 5.75 Å². The van der Waals surface area contributed by atoms with Crippen LogP contribution in [0.2, 0.25) is 5.02 Å². The Morgan fingerprint density at radius 2 is 1.89 bits per heavy atom. The number of carbonyl (C=O) groups is 1. The fraction of sp³-hybridized carbons (Fsp3) is 0.150. The monoisotopic (exact) mass is 462 g/mol. The van der Waals surface area contributed by atoms with E-state index in [1.165, 1.54) is 11.3 Å². The molecule has 27 heavy (non-hydrogen) atoms. The molecule has 1 amide bonds. The third-order valence-corrected chi connectivity index (χ3v) is 6.20. The molecule has 0 atom stereocenters. The van der Waals surface area contributed by atoms with Crippen molar-refractivity contribution >= 4 is 56.1 Å². The van der Waals surface area contributed by atoms with E-state index >= 15 is 0 Å². The molecule has 0 saturated heterocycles. The number of carbonyl (C=O) groups excluding carboxylic acids is 1. The van der Waals surface area contributed by atoms with Crippen molar-refractivity contribution < 1.29 is 9.53 Å². The Morgan fingerprint density at radius 3 is 2.70 bits per heavy atom. The fourth-order valence-corrected chi connectivity index (χ4v) is 4.30. The van der Waals surface area contributed by atoms with Crippen molar-refractivity contribution in [2.24, 2.45) is 0 Å². The first-order chi connectivity index (χ1) is 13.0. The molecule has 0 N–H and O–H groups in total. The second-order valence-electron chi connectivity index (χ2n) is 6.16. The van der Waals surface area contributed by atoms with E-state index in [-0.39, 0.29) is 5.91 Å². The predicted octanol–water partition coefficient (Wildman–Crippen LogP) is 6.05. The number of benzene rings is 2. The molecule has 0 aliphatic carbocycles. The zero-order valence-corrected chi connectivity index (χ0v) is 17.6. The van der Waals surface area contributed by atoms with Crippen molar-refractivity contribution in [1.29, 1.82) is 0 Å². The van der Waals surface area contributed by atoms with E-state index in [1.54, 1.807) is 12.1 Å². The summed E-state index contributed by atoms with van der Waals surface area (Å²) in [6.07, 6.45) is 0. The molecule has 3 aromatic rings. The van der Waals surface area contributed by atoms with Crippen LogP contribution >= 0.6 is 38.9 Å². The number of hydrogen-bond acceptors (Lipinski definition) is 4. The molecule has 4 nitrogen and oxygen atoms in total. The highest BCUT2D eigenvalue weighted by atomic mass is 79.9. The van der Waals surface area contributed by atoms with E-state index in [2.05, 4.69) is 20.8 Å². The van der Waals surface area contributed by atoms with E-state index in [0.717, 1.165) is 22.4 Å². The number of nitrogens with zero attached hydrogens (tertiary/aromatic N) is 2. The minimum atomic E-state index is -0.0568. The lowest BCUT2D eigenvalue weighted by molar-refractivity contribution is 0.0988. The number of amides is 1. The van der Waals surface area contributed by atoms with E-state index in [9.17, 15) is 4.79 Å². The fourth-order valence-electron chi connectivity index (χ4n) is 3.05. The van der Waals surface area contributed by atoms with Crippen LogP contribution in [-0.4, -0.2) is 26.0 Å². The average Bonchev–Trinajstić information content (AvgIpc) is 3.13. The topological polar surface area (TPSA) is 32.8 Å². The molecule has 4 rings (SSSR count). The van der Waals surface area contributed by atoms with E-state index in [4.69, 9.17) is 16.3 Å². The summed E-state index contributed by atoms with van der Waals surface area (Å²) in [5.41, 5.74) is 1.97. The Balaban J connectivity index is 1.66. The summed E-state index contributed by atoms with van der Waals surface area (Å²) in [5, 5.41) is 2.44. The molecule has 0 bridgehead atoms. The first-order valence-electron chi connectivity index (χ1n) is 8.37. The van der Waals surface area contributed by atoms with Crippen molar-refractivity contribution in [2.75, 3.05) is 29.9 Å². The molecule has 2 heterocycles. The van der Waals surface area contributed by atoms with Gasteiger partial charge in [-0.15, -0.1) is 11.3 Å². The Bertz CT molecular complexity index is 1010. The number of fused-ring (bicyclic) bond motifs is 1. The number of thiophene rings is 1. The van der Waals surface area contributed by atoms with Crippen LogP contribution in [-0.2, 0) is 0 Å². The largest absolute Gasteiger partial charge is 0.454 e. The van der Waals surface area contributed by atoms with Gasteiger partial charge in [-0.05, 0) is 51.6 Å². The van der Waals surface area contributed by atoms with Gasteiger partial charge >= 0.3 is 0 Å². The van der Waals surface area contributed by atoms with Crippen LogP contribution in [0.15, 0.2) is 58.4 Å². The SMILES string of the molecule is CN1CCN(C(=O)c2sccc2Oc2cc(Cl)ccc2Br)c2ccccc21. The third-order valence-electron chi connectivity index (χ3n) is 4.42. The lowest BCUT2D eigenvalue weighted by Crippen LogP contribution is -2.42. The summed E-state index contributed by atoms with van der Waals surface area (Å²) in [4.78, 5) is 17.8. The lowest BCUT2D eigenvalue weighted by atomic mass is 10.1. The summed E-state index contributed by atoms with van der Waals surface area (Å²) < 4.78 is 6.78. The first-order valence-corrected chi connectivity index (χ1v) is 10.4. The van der Waals surface area contributed by atoms with Gasteiger partial charge in [0.1, 0.15) is 10.6 Å². The molecule has 0 fully saturated rings. The number of anilines is 2. The van der Waals surface area contributed by atoms with Gasteiger partial charge in [-0.1, -0.05) is 23.7 Å². The van der Waals surface area contributed by atoms with E-state index < -0.39 is 0 Å². The number of hydrogen-bond donors (Lipinski definition) is 0. The zero-order valence-electron chi connectivity index (χ0n) is 14.5. The number of rotatable bonds is 3. The maximum Gasteiger partial charge on any atom is 0.272 e.